The lowest BCUT2D eigenvalue weighted by Crippen LogP contribution is -2.34. The van der Waals surface area contributed by atoms with Crippen molar-refractivity contribution in [3.05, 3.63) is 28.5 Å². The van der Waals surface area contributed by atoms with Crippen molar-refractivity contribution in [2.75, 3.05) is 20.2 Å². The molecule has 0 spiro atoms. The van der Waals surface area contributed by atoms with E-state index in [1.54, 1.807) is 24.1 Å². The highest BCUT2D eigenvalue weighted by atomic mass is 79.9. The molecule has 2 rings (SSSR count). The molecule has 1 aliphatic rings. The monoisotopic (exact) mass is 298 g/mol. The van der Waals surface area contributed by atoms with E-state index in [1.165, 1.54) is 0 Å². The number of rotatable bonds is 3. The Kier molecular flexibility index (Phi) is 4.12. The van der Waals surface area contributed by atoms with E-state index in [1.807, 2.05) is 6.07 Å². The van der Waals surface area contributed by atoms with Gasteiger partial charge in [-0.2, -0.15) is 0 Å². The summed E-state index contributed by atoms with van der Waals surface area (Å²) in [4.78, 5) is 17.9. The van der Waals surface area contributed by atoms with Crippen molar-refractivity contribution < 1.29 is 9.53 Å². The molecule has 1 unspecified atom stereocenters. The van der Waals surface area contributed by atoms with E-state index in [2.05, 4.69) is 20.9 Å². The maximum atomic E-state index is 12.1. The van der Waals surface area contributed by atoms with Crippen LogP contribution in [0, 0.1) is 0 Å². The number of hydrogen-bond donors (Lipinski definition) is 0. The van der Waals surface area contributed by atoms with Crippen LogP contribution < -0.4 is 0 Å². The first-order chi connectivity index (χ1) is 8.16. The lowest BCUT2D eigenvalue weighted by molar-refractivity contribution is 0.0582. The third-order valence-corrected chi connectivity index (χ3v) is 3.22. The predicted molar refractivity (Wildman–Crippen MR) is 67.9 cm³/mol. The number of carbonyl (C=O) groups is 1. The summed E-state index contributed by atoms with van der Waals surface area (Å²) in [5, 5.41) is 0. The minimum atomic E-state index is -0.0678. The van der Waals surface area contributed by atoms with Crippen molar-refractivity contribution >= 4 is 21.8 Å². The first-order valence-electron chi connectivity index (χ1n) is 5.66. The van der Waals surface area contributed by atoms with Crippen molar-refractivity contribution in [2.45, 2.75) is 18.9 Å². The number of halogens is 1. The highest BCUT2D eigenvalue weighted by Crippen LogP contribution is 2.14. The Balaban J connectivity index is 1.98. The van der Waals surface area contributed by atoms with Gasteiger partial charge in [0.25, 0.3) is 5.91 Å². The van der Waals surface area contributed by atoms with Crippen LogP contribution >= 0.6 is 15.9 Å². The molecule has 0 aromatic carbocycles. The number of pyridine rings is 1. The zero-order chi connectivity index (χ0) is 12.3. The molecule has 1 saturated heterocycles. The molecule has 92 valence electrons. The second-order valence-electron chi connectivity index (χ2n) is 4.17. The molecular weight excluding hydrogens is 284 g/mol. The Morgan fingerprint density at radius 1 is 1.65 bits per heavy atom. The molecule has 17 heavy (non-hydrogen) atoms. The standard InChI is InChI=1S/C12H15BrN2O2/c1-15(8-9-4-3-7-17-9)12(16)10-5-2-6-11(13)14-10/h2,5-6,9H,3-4,7-8H2,1H3. The Hall–Kier alpha value is -0.940. The molecule has 2 heterocycles. The predicted octanol–water partition coefficient (Wildman–Crippen LogP) is 2.10. The fourth-order valence-electron chi connectivity index (χ4n) is 1.90. The summed E-state index contributed by atoms with van der Waals surface area (Å²) in [6, 6.07) is 5.33. The van der Waals surface area contributed by atoms with Gasteiger partial charge in [-0.3, -0.25) is 4.79 Å². The van der Waals surface area contributed by atoms with Crippen molar-refractivity contribution in [2.24, 2.45) is 0 Å². The molecule has 1 amide bonds. The van der Waals surface area contributed by atoms with E-state index >= 15 is 0 Å². The van der Waals surface area contributed by atoms with Crippen molar-refractivity contribution in [3.63, 3.8) is 0 Å². The third-order valence-electron chi connectivity index (χ3n) is 2.78. The average molecular weight is 299 g/mol. The lowest BCUT2D eigenvalue weighted by atomic mass is 10.2. The minimum absolute atomic E-state index is 0.0678. The quantitative estimate of drug-likeness (QED) is 0.803. The zero-order valence-corrected chi connectivity index (χ0v) is 11.3. The van der Waals surface area contributed by atoms with Gasteiger partial charge in [0.15, 0.2) is 0 Å². The van der Waals surface area contributed by atoms with Gasteiger partial charge in [-0.15, -0.1) is 0 Å². The van der Waals surface area contributed by atoms with Gasteiger partial charge >= 0.3 is 0 Å². The Bertz CT molecular complexity index is 405. The van der Waals surface area contributed by atoms with E-state index < -0.39 is 0 Å². The summed E-state index contributed by atoms with van der Waals surface area (Å²) >= 11 is 3.26. The number of amides is 1. The third kappa shape index (κ3) is 3.26. The summed E-state index contributed by atoms with van der Waals surface area (Å²) in [6.45, 7) is 1.44. The maximum absolute atomic E-state index is 12.1. The van der Waals surface area contributed by atoms with E-state index in [4.69, 9.17) is 4.74 Å². The van der Waals surface area contributed by atoms with Crippen molar-refractivity contribution in [3.8, 4) is 0 Å². The molecule has 0 saturated carbocycles. The van der Waals surface area contributed by atoms with E-state index in [0.29, 0.717) is 16.8 Å². The number of ether oxygens (including phenoxy) is 1. The molecule has 1 fully saturated rings. The van der Waals surface area contributed by atoms with Gasteiger partial charge in [-0.1, -0.05) is 6.07 Å². The van der Waals surface area contributed by atoms with Gasteiger partial charge in [0.05, 0.1) is 6.10 Å². The van der Waals surface area contributed by atoms with Crippen LogP contribution in [0.2, 0.25) is 0 Å². The normalized spacial score (nSPS) is 19.3. The fraction of sp³-hybridized carbons (Fsp3) is 0.500. The van der Waals surface area contributed by atoms with Gasteiger partial charge in [-0.05, 0) is 40.9 Å². The Labute approximate surface area is 109 Å². The minimum Gasteiger partial charge on any atom is -0.376 e. The topological polar surface area (TPSA) is 42.4 Å². The second-order valence-corrected chi connectivity index (χ2v) is 4.98. The summed E-state index contributed by atoms with van der Waals surface area (Å²) in [6.07, 6.45) is 2.29. The van der Waals surface area contributed by atoms with Gasteiger partial charge in [0.1, 0.15) is 10.3 Å². The first-order valence-corrected chi connectivity index (χ1v) is 6.46. The number of nitrogens with zero attached hydrogens (tertiary/aromatic N) is 2. The van der Waals surface area contributed by atoms with Gasteiger partial charge in [0, 0.05) is 20.2 Å². The van der Waals surface area contributed by atoms with Crippen LogP contribution in [-0.2, 0) is 4.74 Å². The van der Waals surface area contributed by atoms with Crippen LogP contribution in [-0.4, -0.2) is 42.1 Å². The molecule has 1 aromatic heterocycles. The number of carbonyl (C=O) groups excluding carboxylic acids is 1. The molecule has 4 nitrogen and oxygen atoms in total. The van der Waals surface area contributed by atoms with E-state index in [0.717, 1.165) is 19.4 Å². The van der Waals surface area contributed by atoms with Crippen molar-refractivity contribution in [1.82, 2.24) is 9.88 Å². The van der Waals surface area contributed by atoms with Gasteiger partial charge in [-0.25, -0.2) is 4.98 Å². The molecule has 1 aliphatic heterocycles. The Morgan fingerprint density at radius 2 is 2.47 bits per heavy atom. The van der Waals surface area contributed by atoms with Crippen LogP contribution in [0.3, 0.4) is 0 Å². The summed E-state index contributed by atoms with van der Waals surface area (Å²) in [7, 11) is 1.78. The molecule has 5 heteroatoms. The average Bonchev–Trinajstić information content (AvgIpc) is 2.80. The lowest BCUT2D eigenvalue weighted by Gasteiger charge is -2.20. The number of likely N-dealkylation sites (N-methyl/N-ethyl adjacent to an activating group) is 1. The van der Waals surface area contributed by atoms with Crippen LogP contribution in [0.15, 0.2) is 22.8 Å². The van der Waals surface area contributed by atoms with Crippen LogP contribution in [0.25, 0.3) is 0 Å². The van der Waals surface area contributed by atoms with Crippen LogP contribution in [0.1, 0.15) is 23.3 Å². The molecule has 0 N–H and O–H groups in total. The summed E-state index contributed by atoms with van der Waals surface area (Å²) in [5.74, 6) is -0.0678. The Morgan fingerprint density at radius 3 is 3.12 bits per heavy atom. The summed E-state index contributed by atoms with van der Waals surface area (Å²) < 4.78 is 6.18. The fourth-order valence-corrected chi connectivity index (χ4v) is 2.24. The maximum Gasteiger partial charge on any atom is 0.272 e. The summed E-state index contributed by atoms with van der Waals surface area (Å²) in [5.41, 5.74) is 0.458. The molecule has 1 atom stereocenters. The highest BCUT2D eigenvalue weighted by molar-refractivity contribution is 9.10. The zero-order valence-electron chi connectivity index (χ0n) is 9.73. The van der Waals surface area contributed by atoms with Crippen molar-refractivity contribution in [1.29, 1.82) is 0 Å². The molecule has 0 bridgehead atoms. The first kappa shape index (κ1) is 12.5. The largest absolute Gasteiger partial charge is 0.376 e. The van der Waals surface area contributed by atoms with E-state index in [-0.39, 0.29) is 12.0 Å². The number of hydrogen-bond acceptors (Lipinski definition) is 3. The molecule has 1 aromatic rings. The second kappa shape index (κ2) is 5.60. The molecular formula is C12H15BrN2O2. The van der Waals surface area contributed by atoms with Crippen LogP contribution in [0.5, 0.6) is 0 Å². The van der Waals surface area contributed by atoms with Gasteiger partial charge < -0.3 is 9.64 Å². The molecule has 0 aliphatic carbocycles. The highest BCUT2D eigenvalue weighted by Gasteiger charge is 2.21. The van der Waals surface area contributed by atoms with E-state index in [9.17, 15) is 4.79 Å². The smallest absolute Gasteiger partial charge is 0.272 e. The van der Waals surface area contributed by atoms with Crippen LogP contribution in [0.4, 0.5) is 0 Å². The number of aromatic nitrogens is 1. The van der Waals surface area contributed by atoms with Gasteiger partial charge in [0.2, 0.25) is 0 Å². The molecule has 0 radical (unpaired) electrons. The SMILES string of the molecule is CN(CC1CCCO1)C(=O)c1cccc(Br)n1.